The fraction of sp³-hybridized carbons (Fsp3) is 0.400. The molecule has 1 rings (SSSR count). The molecule has 0 heterocycles. The highest BCUT2D eigenvalue weighted by molar-refractivity contribution is 5.19. The number of rotatable bonds is 4. The van der Waals surface area contributed by atoms with Gasteiger partial charge in [0.1, 0.15) is 0 Å². The summed E-state index contributed by atoms with van der Waals surface area (Å²) in [6.07, 6.45) is 0. The van der Waals surface area contributed by atoms with Gasteiger partial charge in [-0.25, -0.2) is 13.2 Å². The largest absolute Gasteiger partial charge is 0.329 e. The van der Waals surface area contributed by atoms with Crippen LogP contribution in [0.25, 0.3) is 0 Å². The molecule has 0 spiro atoms. The number of nitrogens with two attached hydrogens (primary N) is 1. The van der Waals surface area contributed by atoms with Gasteiger partial charge in [0, 0.05) is 19.1 Å². The van der Waals surface area contributed by atoms with Crippen molar-refractivity contribution in [3.8, 4) is 0 Å². The highest BCUT2D eigenvalue weighted by Crippen LogP contribution is 2.13. The molecule has 1 aromatic rings. The first kappa shape index (κ1) is 12.0. The lowest BCUT2D eigenvalue weighted by atomic mass is 10.2. The summed E-state index contributed by atoms with van der Waals surface area (Å²) in [5.74, 6) is -3.79. The molecule has 0 aliphatic heterocycles. The molecule has 0 fully saturated rings. The van der Waals surface area contributed by atoms with Gasteiger partial charge in [0.15, 0.2) is 17.5 Å². The van der Waals surface area contributed by atoms with Crippen molar-refractivity contribution in [1.82, 2.24) is 5.32 Å². The van der Waals surface area contributed by atoms with E-state index in [0.717, 1.165) is 12.1 Å². The highest BCUT2D eigenvalue weighted by atomic mass is 19.2. The first-order valence-corrected chi connectivity index (χ1v) is 4.61. The van der Waals surface area contributed by atoms with Crippen LogP contribution in [0.1, 0.15) is 12.5 Å². The number of halogens is 3. The Bertz CT molecular complexity index is 318. The van der Waals surface area contributed by atoms with Crippen molar-refractivity contribution in [2.24, 2.45) is 5.73 Å². The van der Waals surface area contributed by atoms with Gasteiger partial charge < -0.3 is 11.1 Å². The monoisotopic (exact) mass is 218 g/mol. The molecule has 84 valence electrons. The summed E-state index contributed by atoms with van der Waals surface area (Å²) in [4.78, 5) is 0. The van der Waals surface area contributed by atoms with Crippen LogP contribution in [0, 0.1) is 17.5 Å². The van der Waals surface area contributed by atoms with Crippen LogP contribution in [0.5, 0.6) is 0 Å². The fourth-order valence-electron chi connectivity index (χ4n) is 1.09. The van der Waals surface area contributed by atoms with E-state index in [1.165, 1.54) is 0 Å². The Hall–Kier alpha value is -1.07. The minimum absolute atomic E-state index is 0.0428. The number of nitrogens with one attached hydrogen (secondary N) is 1. The molecule has 0 aliphatic carbocycles. The zero-order valence-electron chi connectivity index (χ0n) is 8.36. The number of benzene rings is 1. The third kappa shape index (κ3) is 3.21. The number of hydrogen-bond donors (Lipinski definition) is 2. The van der Waals surface area contributed by atoms with E-state index in [1.54, 1.807) is 0 Å². The third-order valence-electron chi connectivity index (χ3n) is 2.05. The third-order valence-corrected chi connectivity index (χ3v) is 2.05. The normalized spacial score (nSPS) is 12.9. The molecular formula is C10H13F3N2. The maximum atomic E-state index is 12.8. The van der Waals surface area contributed by atoms with Gasteiger partial charge in [0.2, 0.25) is 0 Å². The molecule has 0 amide bonds. The summed E-state index contributed by atoms with van der Waals surface area (Å²) < 4.78 is 38.1. The van der Waals surface area contributed by atoms with E-state index >= 15 is 0 Å². The lowest BCUT2D eigenvalue weighted by Crippen LogP contribution is -2.32. The van der Waals surface area contributed by atoms with Crippen LogP contribution < -0.4 is 11.1 Å². The van der Waals surface area contributed by atoms with Crippen LogP contribution in [0.15, 0.2) is 12.1 Å². The van der Waals surface area contributed by atoms with Gasteiger partial charge in [-0.05, 0) is 24.6 Å². The molecule has 1 aromatic carbocycles. The van der Waals surface area contributed by atoms with Crippen molar-refractivity contribution < 1.29 is 13.2 Å². The predicted octanol–water partition coefficient (Wildman–Crippen LogP) is 1.54. The molecular weight excluding hydrogens is 205 g/mol. The van der Waals surface area contributed by atoms with E-state index in [2.05, 4.69) is 5.32 Å². The van der Waals surface area contributed by atoms with Crippen molar-refractivity contribution in [3.63, 3.8) is 0 Å². The van der Waals surface area contributed by atoms with Gasteiger partial charge in [-0.2, -0.15) is 0 Å². The Morgan fingerprint density at radius 1 is 1.27 bits per heavy atom. The zero-order chi connectivity index (χ0) is 11.4. The van der Waals surface area contributed by atoms with Crippen molar-refractivity contribution >= 4 is 0 Å². The van der Waals surface area contributed by atoms with Crippen LogP contribution in [0.4, 0.5) is 13.2 Å². The second-order valence-electron chi connectivity index (χ2n) is 3.39. The molecule has 15 heavy (non-hydrogen) atoms. The molecule has 5 heteroatoms. The summed E-state index contributed by atoms with van der Waals surface area (Å²) in [6.45, 7) is 2.52. The van der Waals surface area contributed by atoms with Crippen molar-refractivity contribution in [3.05, 3.63) is 35.1 Å². The molecule has 0 aromatic heterocycles. The molecule has 1 atom stereocenters. The first-order chi connectivity index (χ1) is 7.04. The summed E-state index contributed by atoms with van der Waals surface area (Å²) in [6, 6.07) is 1.98. The van der Waals surface area contributed by atoms with Crippen LogP contribution in [-0.2, 0) is 6.54 Å². The van der Waals surface area contributed by atoms with E-state index in [1.807, 2.05) is 6.92 Å². The smallest absolute Gasteiger partial charge is 0.194 e. The minimum Gasteiger partial charge on any atom is -0.329 e. The van der Waals surface area contributed by atoms with Crippen LogP contribution in [0.2, 0.25) is 0 Å². The van der Waals surface area contributed by atoms with Gasteiger partial charge in [0.25, 0.3) is 0 Å². The topological polar surface area (TPSA) is 38.0 Å². The van der Waals surface area contributed by atoms with E-state index in [0.29, 0.717) is 12.1 Å². The Labute approximate surface area is 86.3 Å². The minimum atomic E-state index is -1.44. The van der Waals surface area contributed by atoms with Crippen molar-refractivity contribution in [1.29, 1.82) is 0 Å². The average molecular weight is 218 g/mol. The molecule has 0 unspecified atom stereocenters. The van der Waals surface area contributed by atoms with Crippen LogP contribution in [-0.4, -0.2) is 12.6 Å². The predicted molar refractivity (Wildman–Crippen MR) is 51.7 cm³/mol. The molecule has 0 bridgehead atoms. The van der Waals surface area contributed by atoms with Crippen molar-refractivity contribution in [2.75, 3.05) is 6.54 Å². The molecule has 0 radical (unpaired) electrons. The van der Waals surface area contributed by atoms with Crippen molar-refractivity contribution in [2.45, 2.75) is 19.5 Å². The molecule has 0 saturated heterocycles. The van der Waals surface area contributed by atoms with Gasteiger partial charge in [-0.15, -0.1) is 0 Å². The zero-order valence-corrected chi connectivity index (χ0v) is 8.36. The van der Waals surface area contributed by atoms with Gasteiger partial charge in [0.05, 0.1) is 0 Å². The first-order valence-electron chi connectivity index (χ1n) is 4.61. The quantitative estimate of drug-likeness (QED) is 0.752. The molecule has 2 nitrogen and oxygen atoms in total. The second-order valence-corrected chi connectivity index (χ2v) is 3.39. The van der Waals surface area contributed by atoms with E-state index in [4.69, 9.17) is 5.73 Å². The van der Waals surface area contributed by atoms with Gasteiger partial charge in [-0.1, -0.05) is 0 Å². The second kappa shape index (κ2) is 5.14. The maximum Gasteiger partial charge on any atom is 0.194 e. The summed E-state index contributed by atoms with van der Waals surface area (Å²) in [7, 11) is 0. The van der Waals surface area contributed by atoms with E-state index in [-0.39, 0.29) is 12.6 Å². The summed E-state index contributed by atoms with van der Waals surface area (Å²) in [5.41, 5.74) is 5.70. The fourth-order valence-corrected chi connectivity index (χ4v) is 1.09. The summed E-state index contributed by atoms with van der Waals surface area (Å²) in [5, 5.41) is 2.94. The van der Waals surface area contributed by atoms with E-state index < -0.39 is 17.5 Å². The Morgan fingerprint density at radius 3 is 2.27 bits per heavy atom. The van der Waals surface area contributed by atoms with Crippen LogP contribution >= 0.6 is 0 Å². The average Bonchev–Trinajstić information content (AvgIpc) is 2.22. The Kier molecular flexibility index (Phi) is 4.11. The molecule has 0 saturated carbocycles. The molecule has 3 N–H and O–H groups in total. The van der Waals surface area contributed by atoms with Gasteiger partial charge in [-0.3, -0.25) is 0 Å². The Balaban J connectivity index is 2.70. The van der Waals surface area contributed by atoms with Crippen LogP contribution in [0.3, 0.4) is 0 Å². The van der Waals surface area contributed by atoms with Gasteiger partial charge >= 0.3 is 0 Å². The maximum absolute atomic E-state index is 12.8. The highest BCUT2D eigenvalue weighted by Gasteiger charge is 2.10. The lowest BCUT2D eigenvalue weighted by molar-refractivity contribution is 0.443. The van der Waals surface area contributed by atoms with E-state index in [9.17, 15) is 13.2 Å². The molecule has 0 aliphatic rings. The standard InChI is InChI=1S/C10H13F3N2/c1-6(4-14)15-5-7-2-8(11)10(13)9(12)3-7/h2-3,6,15H,4-5,14H2,1H3/t6-/m1/s1. The Morgan fingerprint density at radius 2 is 1.80 bits per heavy atom. The lowest BCUT2D eigenvalue weighted by Gasteiger charge is -2.11. The SMILES string of the molecule is C[C@H](CN)NCc1cc(F)c(F)c(F)c1. The number of hydrogen-bond acceptors (Lipinski definition) is 2. The summed E-state index contributed by atoms with van der Waals surface area (Å²) >= 11 is 0.